The lowest BCUT2D eigenvalue weighted by Crippen LogP contribution is -2.40. The minimum Gasteiger partial charge on any atom is -0.378 e. The van der Waals surface area contributed by atoms with Gasteiger partial charge in [0.1, 0.15) is 0 Å². The van der Waals surface area contributed by atoms with E-state index in [0.717, 1.165) is 25.9 Å². The summed E-state index contributed by atoms with van der Waals surface area (Å²) in [4.78, 5) is 22.3. The maximum Gasteiger partial charge on any atom is 0.321 e. The van der Waals surface area contributed by atoms with E-state index in [1.54, 1.807) is 0 Å². The highest BCUT2D eigenvalue weighted by molar-refractivity contribution is 6.19. The number of carbonyl (C=O) groups is 2. The van der Waals surface area contributed by atoms with Crippen molar-refractivity contribution in [2.45, 2.75) is 38.2 Å². The Morgan fingerprint density at radius 3 is 2.82 bits per heavy atom. The van der Waals surface area contributed by atoms with E-state index in [-0.39, 0.29) is 24.3 Å². The van der Waals surface area contributed by atoms with Crippen molar-refractivity contribution < 1.29 is 14.3 Å². The van der Waals surface area contributed by atoms with Crippen molar-refractivity contribution >= 4 is 23.5 Å². The number of halogens is 1. The first-order valence-corrected chi connectivity index (χ1v) is 6.51. The van der Waals surface area contributed by atoms with E-state index in [1.165, 1.54) is 6.42 Å². The van der Waals surface area contributed by atoms with Gasteiger partial charge >= 0.3 is 6.03 Å². The molecule has 0 saturated carbocycles. The first-order chi connectivity index (χ1) is 8.22. The van der Waals surface area contributed by atoms with Crippen LogP contribution in [-0.2, 0) is 9.53 Å². The molecule has 1 fully saturated rings. The molecule has 1 aliphatic rings. The van der Waals surface area contributed by atoms with Crippen molar-refractivity contribution in [3.8, 4) is 0 Å². The zero-order valence-electron chi connectivity index (χ0n) is 9.84. The van der Waals surface area contributed by atoms with Crippen LogP contribution in [0.1, 0.15) is 32.1 Å². The molecule has 0 aromatic heterocycles. The number of ether oxygens (including phenoxy) is 1. The molecule has 0 aromatic rings. The van der Waals surface area contributed by atoms with Crippen LogP contribution >= 0.6 is 11.6 Å². The Morgan fingerprint density at radius 2 is 2.18 bits per heavy atom. The topological polar surface area (TPSA) is 67.4 Å². The maximum absolute atomic E-state index is 11.2. The first-order valence-electron chi connectivity index (χ1n) is 5.97. The van der Waals surface area contributed by atoms with Crippen molar-refractivity contribution in [2.75, 3.05) is 19.0 Å². The number of imide groups is 1. The number of amides is 3. The smallest absolute Gasteiger partial charge is 0.321 e. The van der Waals surface area contributed by atoms with Crippen LogP contribution in [0.3, 0.4) is 0 Å². The molecule has 0 bridgehead atoms. The lowest BCUT2D eigenvalue weighted by molar-refractivity contribution is -0.119. The number of alkyl halides is 1. The Hall–Kier alpha value is -0.810. The van der Waals surface area contributed by atoms with Gasteiger partial charge in [0.2, 0.25) is 5.91 Å². The molecule has 98 valence electrons. The third-order valence-electron chi connectivity index (χ3n) is 2.60. The summed E-state index contributed by atoms with van der Waals surface area (Å²) in [6, 6.07) is -0.462. The van der Waals surface area contributed by atoms with Crippen LogP contribution in [0.5, 0.6) is 0 Å². The van der Waals surface area contributed by atoms with Crippen LogP contribution in [0.15, 0.2) is 0 Å². The Bertz CT molecular complexity index is 255. The Kier molecular flexibility index (Phi) is 6.96. The van der Waals surface area contributed by atoms with Gasteiger partial charge in [0.25, 0.3) is 0 Å². The van der Waals surface area contributed by atoms with Crippen LogP contribution in [0.2, 0.25) is 0 Å². The number of rotatable bonds is 5. The molecular weight excluding hydrogens is 244 g/mol. The van der Waals surface area contributed by atoms with Crippen LogP contribution < -0.4 is 10.6 Å². The van der Waals surface area contributed by atoms with Gasteiger partial charge in [-0.15, -0.1) is 11.6 Å². The van der Waals surface area contributed by atoms with Gasteiger partial charge < -0.3 is 10.1 Å². The molecule has 1 heterocycles. The van der Waals surface area contributed by atoms with Gasteiger partial charge in [-0.1, -0.05) is 0 Å². The minimum absolute atomic E-state index is 0.153. The molecular formula is C11H19ClN2O3. The summed E-state index contributed by atoms with van der Waals surface area (Å²) in [6.07, 6.45) is 4.54. The highest BCUT2D eigenvalue weighted by Crippen LogP contribution is 2.14. The van der Waals surface area contributed by atoms with E-state index in [9.17, 15) is 9.59 Å². The van der Waals surface area contributed by atoms with Crippen LogP contribution in [0.4, 0.5) is 4.79 Å². The van der Waals surface area contributed by atoms with Gasteiger partial charge in [0, 0.05) is 25.5 Å². The van der Waals surface area contributed by atoms with E-state index in [0.29, 0.717) is 6.54 Å². The molecule has 0 radical (unpaired) electrons. The van der Waals surface area contributed by atoms with E-state index in [4.69, 9.17) is 16.3 Å². The lowest BCUT2D eigenvalue weighted by Gasteiger charge is -2.22. The van der Waals surface area contributed by atoms with Crippen molar-refractivity contribution in [3.05, 3.63) is 0 Å². The fourth-order valence-corrected chi connectivity index (χ4v) is 1.87. The number of nitrogens with one attached hydrogen (secondary N) is 2. The van der Waals surface area contributed by atoms with Gasteiger partial charge in [-0.3, -0.25) is 10.1 Å². The average Bonchev–Trinajstić information content (AvgIpc) is 2.30. The van der Waals surface area contributed by atoms with Gasteiger partial charge in [-0.2, -0.15) is 0 Å². The van der Waals surface area contributed by atoms with Gasteiger partial charge in [-0.25, -0.2) is 4.79 Å². The molecule has 0 aromatic carbocycles. The molecule has 0 aliphatic carbocycles. The molecule has 0 spiro atoms. The lowest BCUT2D eigenvalue weighted by atomic mass is 10.1. The number of carbonyl (C=O) groups excluding carboxylic acids is 2. The summed E-state index contributed by atoms with van der Waals surface area (Å²) in [5, 5.41) is 4.83. The van der Waals surface area contributed by atoms with Crippen molar-refractivity contribution in [2.24, 2.45) is 0 Å². The molecule has 1 saturated heterocycles. The van der Waals surface area contributed by atoms with Crippen molar-refractivity contribution in [3.63, 3.8) is 0 Å². The third-order valence-corrected chi connectivity index (χ3v) is 2.79. The summed E-state index contributed by atoms with van der Waals surface area (Å²) in [6.45, 7) is 1.33. The molecule has 1 unspecified atom stereocenters. The van der Waals surface area contributed by atoms with E-state index < -0.39 is 6.03 Å². The van der Waals surface area contributed by atoms with Crippen molar-refractivity contribution in [1.29, 1.82) is 0 Å². The molecule has 6 heteroatoms. The normalized spacial score (nSPS) is 19.7. The second-order valence-electron chi connectivity index (χ2n) is 4.02. The van der Waals surface area contributed by atoms with Gasteiger partial charge in [0.15, 0.2) is 0 Å². The molecule has 17 heavy (non-hydrogen) atoms. The minimum atomic E-state index is -0.462. The standard InChI is InChI=1S/C11H19ClN2O3/c12-6-4-10(15)14-11(16)13-7-5-9-3-1-2-8-17-9/h9H,1-8H2,(H2,13,14,15,16). The molecule has 1 atom stereocenters. The molecule has 1 aliphatic heterocycles. The van der Waals surface area contributed by atoms with Gasteiger partial charge in [-0.05, 0) is 25.7 Å². The molecule has 2 N–H and O–H groups in total. The molecule has 5 nitrogen and oxygen atoms in total. The zero-order valence-corrected chi connectivity index (χ0v) is 10.6. The molecule has 3 amide bonds. The highest BCUT2D eigenvalue weighted by atomic mass is 35.5. The quantitative estimate of drug-likeness (QED) is 0.736. The highest BCUT2D eigenvalue weighted by Gasteiger charge is 2.14. The summed E-state index contributed by atoms with van der Waals surface area (Å²) in [7, 11) is 0. The summed E-state index contributed by atoms with van der Waals surface area (Å²) < 4.78 is 5.52. The Labute approximate surface area is 106 Å². The third kappa shape index (κ3) is 6.48. The summed E-state index contributed by atoms with van der Waals surface area (Å²) in [5.41, 5.74) is 0. The zero-order chi connectivity index (χ0) is 12.5. The summed E-state index contributed by atoms with van der Waals surface area (Å²) >= 11 is 5.38. The predicted octanol–water partition coefficient (Wildman–Crippen LogP) is 1.40. The fraction of sp³-hybridized carbons (Fsp3) is 0.818. The largest absolute Gasteiger partial charge is 0.378 e. The Morgan fingerprint density at radius 1 is 1.35 bits per heavy atom. The Balaban J connectivity index is 2.05. The van der Waals surface area contributed by atoms with Gasteiger partial charge in [0.05, 0.1) is 6.10 Å². The van der Waals surface area contributed by atoms with Crippen LogP contribution in [0, 0.1) is 0 Å². The van der Waals surface area contributed by atoms with Crippen molar-refractivity contribution in [1.82, 2.24) is 10.6 Å². The first kappa shape index (κ1) is 14.3. The van der Waals surface area contributed by atoms with E-state index in [1.807, 2.05) is 0 Å². The number of hydrogen-bond donors (Lipinski definition) is 2. The predicted molar refractivity (Wildman–Crippen MR) is 65.1 cm³/mol. The van der Waals surface area contributed by atoms with E-state index >= 15 is 0 Å². The SMILES string of the molecule is O=C(CCCl)NC(=O)NCCC1CCCCO1. The second-order valence-corrected chi connectivity index (χ2v) is 4.40. The summed E-state index contributed by atoms with van der Waals surface area (Å²) in [5.74, 6) is -0.138. The fourth-order valence-electron chi connectivity index (χ4n) is 1.70. The van der Waals surface area contributed by atoms with Crippen LogP contribution in [-0.4, -0.2) is 37.1 Å². The van der Waals surface area contributed by atoms with E-state index in [2.05, 4.69) is 10.6 Å². The van der Waals surface area contributed by atoms with Crippen LogP contribution in [0.25, 0.3) is 0 Å². The second kappa shape index (κ2) is 8.31. The number of urea groups is 1. The molecule has 1 rings (SSSR count). The average molecular weight is 263 g/mol. The number of hydrogen-bond acceptors (Lipinski definition) is 3. The maximum atomic E-state index is 11.2. The monoisotopic (exact) mass is 262 g/mol.